The molecule has 0 saturated carbocycles. The van der Waals surface area contributed by atoms with E-state index in [4.69, 9.17) is 0 Å². The molecule has 0 atom stereocenters. The quantitative estimate of drug-likeness (QED) is 0.794. The Morgan fingerprint density at radius 1 is 1.22 bits per heavy atom. The molecule has 0 aliphatic heterocycles. The molecule has 0 aliphatic carbocycles. The first-order chi connectivity index (χ1) is 10.8. The molecule has 0 radical (unpaired) electrons. The summed E-state index contributed by atoms with van der Waals surface area (Å²) >= 11 is 0. The molecule has 8 heteroatoms. The highest BCUT2D eigenvalue weighted by atomic mass is 32.2. The SMILES string of the molecule is CC(C)c1cccc2c(NS(=O)(=O)c3cnn(C)c3)nn(C)c12. The summed E-state index contributed by atoms with van der Waals surface area (Å²) < 4.78 is 30.7. The summed E-state index contributed by atoms with van der Waals surface area (Å²) in [6, 6.07) is 5.82. The molecule has 1 aromatic carbocycles. The number of aromatic nitrogens is 4. The smallest absolute Gasteiger partial charge is 0.266 e. The number of rotatable bonds is 4. The van der Waals surface area contributed by atoms with E-state index in [0.29, 0.717) is 11.7 Å². The summed E-state index contributed by atoms with van der Waals surface area (Å²) in [4.78, 5) is 0.110. The lowest BCUT2D eigenvalue weighted by Gasteiger charge is -2.08. The third-order valence-corrected chi connectivity index (χ3v) is 5.03. The van der Waals surface area contributed by atoms with Crippen molar-refractivity contribution in [2.75, 3.05) is 4.72 Å². The van der Waals surface area contributed by atoms with Crippen molar-refractivity contribution in [1.82, 2.24) is 19.6 Å². The van der Waals surface area contributed by atoms with Crippen LogP contribution >= 0.6 is 0 Å². The maximum absolute atomic E-state index is 12.5. The van der Waals surface area contributed by atoms with Crippen molar-refractivity contribution in [3.63, 3.8) is 0 Å². The molecule has 3 aromatic rings. The van der Waals surface area contributed by atoms with Crippen molar-refractivity contribution in [1.29, 1.82) is 0 Å². The molecule has 122 valence electrons. The van der Waals surface area contributed by atoms with Gasteiger partial charge in [-0.15, -0.1) is 0 Å². The van der Waals surface area contributed by atoms with E-state index in [1.165, 1.54) is 17.1 Å². The van der Waals surface area contributed by atoms with Gasteiger partial charge in [0.1, 0.15) is 4.90 Å². The van der Waals surface area contributed by atoms with Crippen molar-refractivity contribution >= 4 is 26.7 Å². The predicted molar refractivity (Wildman–Crippen MR) is 88.8 cm³/mol. The number of sulfonamides is 1. The van der Waals surface area contributed by atoms with E-state index in [0.717, 1.165) is 16.5 Å². The van der Waals surface area contributed by atoms with Crippen molar-refractivity contribution in [2.45, 2.75) is 24.7 Å². The van der Waals surface area contributed by atoms with Gasteiger partial charge in [0.05, 0.1) is 11.7 Å². The third-order valence-electron chi connectivity index (χ3n) is 3.74. The van der Waals surface area contributed by atoms with Gasteiger partial charge in [-0.2, -0.15) is 10.2 Å². The van der Waals surface area contributed by atoms with Gasteiger partial charge in [-0.05, 0) is 17.5 Å². The van der Waals surface area contributed by atoms with Crippen molar-refractivity contribution in [3.05, 3.63) is 36.2 Å². The minimum atomic E-state index is -3.71. The molecule has 0 saturated heterocycles. The van der Waals surface area contributed by atoms with Gasteiger partial charge >= 0.3 is 0 Å². The fourth-order valence-electron chi connectivity index (χ4n) is 2.63. The van der Waals surface area contributed by atoms with Gasteiger partial charge in [0, 0.05) is 25.7 Å². The first kappa shape index (κ1) is 15.5. The lowest BCUT2D eigenvalue weighted by Crippen LogP contribution is -2.13. The summed E-state index contributed by atoms with van der Waals surface area (Å²) in [5.41, 5.74) is 2.07. The largest absolute Gasteiger partial charge is 0.274 e. The van der Waals surface area contributed by atoms with Crippen molar-refractivity contribution in [2.24, 2.45) is 14.1 Å². The van der Waals surface area contributed by atoms with Crippen molar-refractivity contribution < 1.29 is 8.42 Å². The van der Waals surface area contributed by atoms with E-state index in [1.54, 1.807) is 11.7 Å². The molecule has 1 N–H and O–H groups in total. The van der Waals surface area contributed by atoms with Crippen LogP contribution in [0.2, 0.25) is 0 Å². The van der Waals surface area contributed by atoms with Gasteiger partial charge in [-0.3, -0.25) is 14.1 Å². The lowest BCUT2D eigenvalue weighted by molar-refractivity contribution is 0.600. The summed E-state index contributed by atoms with van der Waals surface area (Å²) in [6.07, 6.45) is 2.76. The van der Waals surface area contributed by atoms with Crippen LogP contribution in [0.5, 0.6) is 0 Å². The maximum Gasteiger partial charge on any atom is 0.266 e. The fourth-order valence-corrected chi connectivity index (χ4v) is 3.63. The Morgan fingerprint density at radius 2 is 1.96 bits per heavy atom. The molecule has 2 aromatic heterocycles. The number of aryl methyl sites for hydroxylation is 2. The molecular formula is C15H19N5O2S. The molecule has 3 rings (SSSR count). The third kappa shape index (κ3) is 2.70. The fraction of sp³-hybridized carbons (Fsp3) is 0.333. The second-order valence-electron chi connectivity index (χ2n) is 5.83. The highest BCUT2D eigenvalue weighted by molar-refractivity contribution is 7.92. The van der Waals surface area contributed by atoms with Crippen LogP contribution in [0.3, 0.4) is 0 Å². The molecule has 0 bridgehead atoms. The standard InChI is InChI=1S/C15H19N5O2S/c1-10(2)12-6-5-7-13-14(12)20(4)17-15(13)18-23(21,22)11-8-16-19(3)9-11/h5-10H,1-4H3,(H,17,18). The Balaban J connectivity index is 2.10. The van der Waals surface area contributed by atoms with Gasteiger partial charge in [0.2, 0.25) is 0 Å². The van der Waals surface area contributed by atoms with E-state index < -0.39 is 10.0 Å². The Labute approximate surface area is 135 Å². The Kier molecular flexibility index (Phi) is 3.63. The van der Waals surface area contributed by atoms with Gasteiger partial charge < -0.3 is 0 Å². The molecule has 0 fully saturated rings. The lowest BCUT2D eigenvalue weighted by atomic mass is 10.0. The number of anilines is 1. The Bertz CT molecular complexity index is 969. The summed E-state index contributed by atoms with van der Waals surface area (Å²) in [5, 5.41) is 9.03. The van der Waals surface area contributed by atoms with Crippen LogP contribution in [0, 0.1) is 0 Å². The molecular weight excluding hydrogens is 314 g/mol. The van der Waals surface area contributed by atoms with Crippen LogP contribution in [-0.2, 0) is 24.1 Å². The average molecular weight is 333 g/mol. The normalized spacial score (nSPS) is 12.2. The van der Waals surface area contributed by atoms with E-state index >= 15 is 0 Å². The molecule has 23 heavy (non-hydrogen) atoms. The van der Waals surface area contributed by atoms with Gasteiger partial charge in [0.15, 0.2) is 5.82 Å². The van der Waals surface area contributed by atoms with Crippen LogP contribution in [0.1, 0.15) is 25.3 Å². The predicted octanol–water partition coefficient (Wildman–Crippen LogP) is 2.23. The van der Waals surface area contributed by atoms with Crippen LogP contribution in [0.15, 0.2) is 35.5 Å². The van der Waals surface area contributed by atoms with Crippen LogP contribution < -0.4 is 4.72 Å². The highest BCUT2D eigenvalue weighted by Gasteiger charge is 2.21. The number of hydrogen-bond acceptors (Lipinski definition) is 4. The van der Waals surface area contributed by atoms with Crippen LogP contribution in [-0.4, -0.2) is 28.0 Å². The zero-order valence-corrected chi connectivity index (χ0v) is 14.3. The molecule has 7 nitrogen and oxygen atoms in total. The second kappa shape index (κ2) is 5.38. The number of para-hydroxylation sites is 1. The summed E-state index contributed by atoms with van der Waals surface area (Å²) in [7, 11) is -0.227. The number of benzene rings is 1. The van der Waals surface area contributed by atoms with Gasteiger partial charge in [-0.25, -0.2) is 8.42 Å². The van der Waals surface area contributed by atoms with E-state index in [9.17, 15) is 8.42 Å². The Hall–Kier alpha value is -2.35. The second-order valence-corrected chi connectivity index (χ2v) is 7.51. The molecule has 0 aliphatic rings. The van der Waals surface area contributed by atoms with E-state index in [-0.39, 0.29) is 4.90 Å². The first-order valence-corrected chi connectivity index (χ1v) is 8.75. The number of nitrogens with one attached hydrogen (secondary N) is 1. The number of nitrogens with zero attached hydrogens (tertiary/aromatic N) is 4. The summed E-state index contributed by atoms with van der Waals surface area (Å²) in [5.74, 6) is 0.644. The number of hydrogen-bond donors (Lipinski definition) is 1. The molecule has 0 spiro atoms. The van der Waals surface area contributed by atoms with Crippen LogP contribution in [0.25, 0.3) is 10.9 Å². The number of fused-ring (bicyclic) bond motifs is 1. The average Bonchev–Trinajstić information content (AvgIpc) is 3.04. The maximum atomic E-state index is 12.5. The molecule has 2 heterocycles. The minimum absolute atomic E-state index is 0.110. The summed E-state index contributed by atoms with van der Waals surface area (Å²) in [6.45, 7) is 4.20. The van der Waals surface area contributed by atoms with Gasteiger partial charge in [-0.1, -0.05) is 26.0 Å². The topological polar surface area (TPSA) is 81.8 Å². The monoisotopic (exact) mass is 333 g/mol. The first-order valence-electron chi connectivity index (χ1n) is 7.26. The van der Waals surface area contributed by atoms with Crippen LogP contribution in [0.4, 0.5) is 5.82 Å². The van der Waals surface area contributed by atoms with Gasteiger partial charge in [0.25, 0.3) is 10.0 Å². The minimum Gasteiger partial charge on any atom is -0.274 e. The van der Waals surface area contributed by atoms with Crippen molar-refractivity contribution in [3.8, 4) is 0 Å². The molecule has 0 unspecified atom stereocenters. The molecule has 0 amide bonds. The van der Waals surface area contributed by atoms with E-state index in [1.807, 2.05) is 25.2 Å². The van der Waals surface area contributed by atoms with E-state index in [2.05, 4.69) is 28.8 Å². The zero-order chi connectivity index (χ0) is 16.8. The zero-order valence-electron chi connectivity index (χ0n) is 13.5. The Morgan fingerprint density at radius 3 is 2.57 bits per heavy atom. The highest BCUT2D eigenvalue weighted by Crippen LogP contribution is 2.30.